The van der Waals surface area contributed by atoms with Gasteiger partial charge in [-0.05, 0) is 52.7 Å². The number of aromatic nitrogens is 2. The van der Waals surface area contributed by atoms with Gasteiger partial charge in [0.15, 0.2) is 0 Å². The van der Waals surface area contributed by atoms with Crippen LogP contribution in [0.4, 0.5) is 4.39 Å². The predicted octanol–water partition coefficient (Wildman–Crippen LogP) is 11.8. The van der Waals surface area contributed by atoms with Crippen molar-refractivity contribution in [3.05, 3.63) is 163 Å². The summed E-state index contributed by atoms with van der Waals surface area (Å²) < 4.78 is 38.2. The van der Waals surface area contributed by atoms with Crippen LogP contribution in [0.5, 0.6) is 0 Å². The van der Waals surface area contributed by atoms with Gasteiger partial charge in [0.25, 0.3) is 0 Å². The first-order valence-corrected chi connectivity index (χ1v) is 25.6. The van der Waals surface area contributed by atoms with Gasteiger partial charge in [0, 0.05) is 40.0 Å². The van der Waals surface area contributed by atoms with Crippen LogP contribution in [0.25, 0.3) is 66.7 Å². The number of carbonyl (C=O) groups excluding carboxylic acids is 1. The molecular formula is C48H41FGeIrN2O4-2. The molecule has 0 saturated carbocycles. The quantitative estimate of drug-likeness (QED) is 0.0706. The zero-order valence-electron chi connectivity index (χ0n) is 34.1. The first kappa shape index (κ1) is 38.6. The molecule has 6 nitrogen and oxygen atoms in total. The van der Waals surface area contributed by atoms with Gasteiger partial charge in [-0.2, -0.15) is 0 Å². The first-order chi connectivity index (χ1) is 27.8. The fraction of sp³-hybridized carbons (Fsp3) is 0.146. The average Bonchev–Trinajstić information content (AvgIpc) is 3.64. The maximum Gasteiger partial charge on any atom is 0 e. The fourth-order valence-electron chi connectivity index (χ4n) is 6.51. The summed E-state index contributed by atoms with van der Waals surface area (Å²) in [6.45, 7) is 3.60. The van der Waals surface area contributed by atoms with E-state index in [-0.39, 0.29) is 43.0 Å². The van der Waals surface area contributed by atoms with Crippen LogP contribution in [0.15, 0.2) is 138 Å². The third-order valence-electron chi connectivity index (χ3n) is 9.32. The SMILES string of the molecule is [2H]C([2H])(c1ccnc(-c2[c-]cc(C(=O)OO)c3c2oc2c(-c4ccc(F)cc4)cccc23)c1)C(C)C.[CH3][Ge]([CH3])([CH3])[c]1ccc(-c2[c-]ccc(-c3ccccc3)c2)nc1.[Ir]. The summed E-state index contributed by atoms with van der Waals surface area (Å²) >= 11 is -1.79. The maximum atomic E-state index is 13.5. The van der Waals surface area contributed by atoms with E-state index in [1.807, 2.05) is 18.2 Å². The molecule has 0 spiro atoms. The van der Waals surface area contributed by atoms with Crippen molar-refractivity contribution >= 4 is 45.6 Å². The summed E-state index contributed by atoms with van der Waals surface area (Å²) in [5.74, 6) is 5.54. The molecule has 0 saturated heterocycles. The third-order valence-corrected chi connectivity index (χ3v) is 13.6. The van der Waals surface area contributed by atoms with Crippen LogP contribution in [-0.2, 0) is 31.4 Å². The molecule has 0 aliphatic rings. The van der Waals surface area contributed by atoms with Crippen molar-refractivity contribution in [2.24, 2.45) is 5.92 Å². The number of para-hydroxylation sites is 1. The summed E-state index contributed by atoms with van der Waals surface area (Å²) in [6, 6.07) is 43.3. The molecule has 0 atom stereocenters. The Balaban J connectivity index is 0.000000218. The summed E-state index contributed by atoms with van der Waals surface area (Å²) in [6.07, 6.45) is 1.98. The fourth-order valence-corrected chi connectivity index (χ4v) is 8.69. The van der Waals surface area contributed by atoms with Crippen LogP contribution in [0.3, 0.4) is 0 Å². The maximum absolute atomic E-state index is 13.5. The minimum Gasteiger partial charge on any atom is 0 e. The van der Waals surface area contributed by atoms with E-state index in [4.69, 9.17) is 12.4 Å². The normalized spacial score (nSPS) is 12.0. The van der Waals surface area contributed by atoms with Gasteiger partial charge in [-0.1, -0.05) is 61.4 Å². The molecule has 0 fully saturated rings. The molecule has 0 unspecified atom stereocenters. The van der Waals surface area contributed by atoms with Gasteiger partial charge in [0.1, 0.15) is 11.4 Å². The van der Waals surface area contributed by atoms with Crippen LogP contribution >= 0.6 is 0 Å². The van der Waals surface area contributed by atoms with E-state index in [0.29, 0.717) is 44.3 Å². The Morgan fingerprint density at radius 3 is 2.32 bits per heavy atom. The summed E-state index contributed by atoms with van der Waals surface area (Å²) in [4.78, 5) is 25.5. The topological polar surface area (TPSA) is 85.5 Å². The average molecular weight is 996 g/mol. The van der Waals surface area contributed by atoms with Crippen molar-refractivity contribution < 1.29 is 46.6 Å². The Morgan fingerprint density at radius 1 is 0.860 bits per heavy atom. The Morgan fingerprint density at radius 2 is 1.63 bits per heavy atom. The van der Waals surface area contributed by atoms with Gasteiger partial charge in [0.05, 0.1) is 5.58 Å². The van der Waals surface area contributed by atoms with Crippen molar-refractivity contribution in [1.82, 2.24) is 9.97 Å². The minimum atomic E-state index is -1.79. The Kier molecular flexibility index (Phi) is 12.1. The van der Waals surface area contributed by atoms with E-state index in [9.17, 15) is 9.18 Å². The smallest absolute Gasteiger partial charge is 0 e. The molecule has 0 amide bonds. The number of hydrogen-bond acceptors (Lipinski definition) is 6. The van der Waals surface area contributed by atoms with E-state index in [1.54, 1.807) is 50.2 Å². The molecule has 8 rings (SSSR count). The molecule has 8 aromatic rings. The first-order valence-electron chi connectivity index (χ1n) is 19.3. The minimum absolute atomic E-state index is 0. The second-order valence-corrected chi connectivity index (χ2v) is 25.4. The number of benzene rings is 5. The number of rotatable bonds is 8. The number of pyridine rings is 2. The van der Waals surface area contributed by atoms with Crippen molar-refractivity contribution in [2.45, 2.75) is 37.5 Å². The molecule has 289 valence electrons. The van der Waals surface area contributed by atoms with E-state index < -0.39 is 25.6 Å². The number of halogens is 1. The van der Waals surface area contributed by atoms with E-state index in [2.05, 4.69) is 99.0 Å². The summed E-state index contributed by atoms with van der Waals surface area (Å²) in [7, 11) is 0. The van der Waals surface area contributed by atoms with Crippen LogP contribution in [-0.4, -0.2) is 34.5 Å². The number of furan rings is 1. The monoisotopic (exact) mass is 997 g/mol. The van der Waals surface area contributed by atoms with Crippen molar-refractivity contribution in [2.75, 3.05) is 0 Å². The van der Waals surface area contributed by atoms with Crippen LogP contribution < -0.4 is 4.40 Å². The Bertz CT molecular complexity index is 2740. The van der Waals surface area contributed by atoms with Crippen molar-refractivity contribution in [3.8, 4) is 44.8 Å². The van der Waals surface area contributed by atoms with E-state index >= 15 is 0 Å². The van der Waals surface area contributed by atoms with Gasteiger partial charge in [-0.3, -0.25) is 4.79 Å². The van der Waals surface area contributed by atoms with Crippen LogP contribution in [0.1, 0.15) is 32.5 Å². The third kappa shape index (κ3) is 9.32. The predicted molar refractivity (Wildman–Crippen MR) is 225 cm³/mol. The molecule has 3 heterocycles. The standard InChI is InChI=1S/C28H21FNO4.C20H20GeN.Ir/c1-16(2)14-17-12-13-30-24(15-17)21-10-11-23(28(31)34-32)25-22-5-3-4-20(26(22)33-27(21)25)18-6-8-19(29)9-7-18;1-21(2,3)19-12-13-20(22-15-19)18-11-7-10-17(14-18)16-8-5-4-6-9-16;/h3-9,11-13,15-16,32H,14H2,1-2H3;4-10,12-15H,1-3H3;/q2*-1;/i14D2;;. The molecule has 57 heavy (non-hydrogen) atoms. The van der Waals surface area contributed by atoms with Crippen LogP contribution in [0, 0.1) is 23.9 Å². The molecule has 5 aromatic carbocycles. The van der Waals surface area contributed by atoms with Crippen molar-refractivity contribution in [1.29, 1.82) is 0 Å². The molecular weight excluding hydrogens is 952 g/mol. The zero-order valence-corrected chi connectivity index (χ0v) is 36.5. The zero-order chi connectivity index (χ0) is 41.2. The van der Waals surface area contributed by atoms with Gasteiger partial charge in [-0.25, -0.2) is 9.65 Å². The van der Waals surface area contributed by atoms with Gasteiger partial charge in [0.2, 0.25) is 0 Å². The molecule has 0 bridgehead atoms. The summed E-state index contributed by atoms with van der Waals surface area (Å²) in [5.41, 5.74) is 7.90. The van der Waals surface area contributed by atoms with Crippen molar-refractivity contribution in [3.63, 3.8) is 0 Å². The molecule has 0 aliphatic heterocycles. The summed E-state index contributed by atoms with van der Waals surface area (Å²) in [5, 5.41) is 10.1. The number of carbonyl (C=O) groups is 1. The van der Waals surface area contributed by atoms with Crippen LogP contribution in [0.2, 0.25) is 17.3 Å². The molecule has 0 aliphatic carbocycles. The second kappa shape index (κ2) is 17.9. The number of nitrogens with zero attached hydrogens (tertiary/aromatic N) is 2. The Labute approximate surface area is 351 Å². The van der Waals surface area contributed by atoms with E-state index in [0.717, 1.165) is 11.3 Å². The molecule has 1 radical (unpaired) electrons. The van der Waals surface area contributed by atoms with Gasteiger partial charge in [-0.15, -0.1) is 12.1 Å². The number of fused-ring (bicyclic) bond motifs is 3. The molecule has 1 N–H and O–H groups in total. The van der Waals surface area contributed by atoms with Gasteiger partial charge < -0.3 is 14.3 Å². The van der Waals surface area contributed by atoms with E-state index in [1.165, 1.54) is 39.9 Å². The molecule has 3 aromatic heterocycles. The molecule has 9 heteroatoms. The largest absolute Gasteiger partial charge is 0 e. The second-order valence-electron chi connectivity index (χ2n) is 14.7. The Hall–Kier alpha value is -5.25. The van der Waals surface area contributed by atoms with Gasteiger partial charge >= 0.3 is 141 Å². The number of hydrogen-bond donors (Lipinski definition) is 1.